The van der Waals surface area contributed by atoms with Gasteiger partial charge in [0.2, 0.25) is 0 Å². The number of aryl methyl sites for hydroxylation is 1. The Bertz CT molecular complexity index is 548. The van der Waals surface area contributed by atoms with Crippen molar-refractivity contribution in [2.45, 2.75) is 45.4 Å². The van der Waals surface area contributed by atoms with Gasteiger partial charge in [0.15, 0.2) is 0 Å². The maximum atomic E-state index is 9.90. The fourth-order valence-corrected chi connectivity index (χ4v) is 3.07. The summed E-state index contributed by atoms with van der Waals surface area (Å²) in [4.78, 5) is 1.89. The van der Waals surface area contributed by atoms with Crippen LogP contribution < -0.4 is 4.74 Å². The van der Waals surface area contributed by atoms with Crippen molar-refractivity contribution < 1.29 is 25.2 Å². The first-order valence-electron chi connectivity index (χ1n) is 8.00. The van der Waals surface area contributed by atoms with Gasteiger partial charge in [0.1, 0.15) is 11.5 Å². The Balaban J connectivity index is 1.87. The van der Waals surface area contributed by atoms with Crippen LogP contribution in [0.5, 0.6) is 11.5 Å². The Hall–Kier alpha value is -1.34. The molecule has 6 heteroatoms. The second-order valence-corrected chi connectivity index (χ2v) is 6.30. The largest absolute Gasteiger partial charge is 0.507 e. The van der Waals surface area contributed by atoms with Gasteiger partial charge in [-0.05, 0) is 49.9 Å². The van der Waals surface area contributed by atoms with Gasteiger partial charge in [-0.15, -0.1) is 0 Å². The number of phenolic OH excluding ortho intramolecular Hbond substituents is 1. The summed E-state index contributed by atoms with van der Waals surface area (Å²) in [5.74, 6) is 1.07. The van der Waals surface area contributed by atoms with Gasteiger partial charge in [0.05, 0.1) is 31.5 Å². The zero-order valence-electron chi connectivity index (χ0n) is 14.0. The number of hydrogen-bond donors (Lipinski definition) is 4. The Labute approximate surface area is 136 Å². The van der Waals surface area contributed by atoms with Gasteiger partial charge in [0, 0.05) is 13.1 Å². The lowest BCUT2D eigenvalue weighted by Gasteiger charge is -2.23. The molecule has 1 heterocycles. The minimum Gasteiger partial charge on any atom is -0.507 e. The molecule has 0 aromatic heterocycles. The van der Waals surface area contributed by atoms with Crippen LogP contribution >= 0.6 is 0 Å². The van der Waals surface area contributed by atoms with E-state index in [9.17, 15) is 20.4 Å². The zero-order valence-corrected chi connectivity index (χ0v) is 14.0. The average Bonchev–Trinajstić information content (AvgIpc) is 2.80. The van der Waals surface area contributed by atoms with E-state index in [1.54, 1.807) is 0 Å². The summed E-state index contributed by atoms with van der Waals surface area (Å²) in [7, 11) is 0. The van der Waals surface area contributed by atoms with E-state index in [1.165, 1.54) is 0 Å². The van der Waals surface area contributed by atoms with E-state index in [-0.39, 0.29) is 6.61 Å². The van der Waals surface area contributed by atoms with Crippen LogP contribution in [-0.4, -0.2) is 69.9 Å². The molecule has 3 atom stereocenters. The smallest absolute Gasteiger partial charge is 0.122 e. The Morgan fingerprint density at radius 3 is 2.57 bits per heavy atom. The zero-order chi connectivity index (χ0) is 17.1. The minimum absolute atomic E-state index is 0.172. The van der Waals surface area contributed by atoms with E-state index in [4.69, 9.17) is 4.74 Å². The number of hydrogen-bond acceptors (Lipinski definition) is 6. The summed E-state index contributed by atoms with van der Waals surface area (Å²) in [6.07, 6.45) is -0.989. The van der Waals surface area contributed by atoms with Crippen molar-refractivity contribution in [2.24, 2.45) is 0 Å². The molecule has 0 bridgehead atoms. The molecular weight excluding hydrogens is 298 g/mol. The molecule has 1 aromatic rings. The van der Waals surface area contributed by atoms with Crippen molar-refractivity contribution in [2.75, 3.05) is 26.3 Å². The summed E-state index contributed by atoms with van der Waals surface area (Å²) in [5, 5.41) is 38.7. The lowest BCUT2D eigenvalue weighted by molar-refractivity contribution is 0.0214. The average molecular weight is 325 g/mol. The molecule has 1 aromatic carbocycles. The number of phenols is 1. The SMILES string of the molecule is Cc1cc(OCCCN2C[C@H](O)[C@H](O)[C@@H]2CO)c(C)c(C)c1O. The number of aromatic hydroxyl groups is 1. The summed E-state index contributed by atoms with van der Waals surface area (Å²) < 4.78 is 5.81. The number of ether oxygens (including phenoxy) is 1. The Kier molecular flexibility index (Phi) is 5.86. The molecule has 23 heavy (non-hydrogen) atoms. The molecule has 6 nitrogen and oxygen atoms in total. The fourth-order valence-electron chi connectivity index (χ4n) is 3.07. The number of nitrogens with zero attached hydrogens (tertiary/aromatic N) is 1. The minimum atomic E-state index is -0.898. The van der Waals surface area contributed by atoms with Crippen LogP contribution in [0.1, 0.15) is 23.1 Å². The summed E-state index contributed by atoms with van der Waals surface area (Å²) in [6, 6.07) is 1.42. The standard InChI is InChI=1S/C17H27NO5/c1-10-7-15(11(2)12(3)16(10)21)23-6-4-5-18-8-14(20)17(22)13(18)9-19/h7,13-14,17,19-22H,4-6,8-9H2,1-3H3/t13-,14-,17+/m0/s1. The fraction of sp³-hybridized carbons (Fsp3) is 0.647. The predicted octanol–water partition coefficient (Wildman–Crippen LogP) is 0.485. The predicted molar refractivity (Wildman–Crippen MR) is 86.9 cm³/mol. The molecule has 1 aliphatic rings. The lowest BCUT2D eigenvalue weighted by atomic mass is 10.0. The third-order valence-corrected chi connectivity index (χ3v) is 4.72. The van der Waals surface area contributed by atoms with Crippen molar-refractivity contribution in [1.29, 1.82) is 0 Å². The number of benzene rings is 1. The van der Waals surface area contributed by atoms with E-state index in [2.05, 4.69) is 0 Å². The van der Waals surface area contributed by atoms with Gasteiger partial charge in [-0.2, -0.15) is 0 Å². The van der Waals surface area contributed by atoms with Gasteiger partial charge in [0.25, 0.3) is 0 Å². The van der Waals surface area contributed by atoms with Crippen LogP contribution in [0, 0.1) is 20.8 Å². The van der Waals surface area contributed by atoms with Gasteiger partial charge in [-0.25, -0.2) is 0 Å². The van der Waals surface area contributed by atoms with Crippen LogP contribution in [0.3, 0.4) is 0 Å². The van der Waals surface area contributed by atoms with Gasteiger partial charge in [-0.1, -0.05) is 0 Å². The van der Waals surface area contributed by atoms with Crippen LogP contribution in [-0.2, 0) is 0 Å². The molecule has 1 fully saturated rings. The molecule has 0 saturated carbocycles. The van der Waals surface area contributed by atoms with E-state index >= 15 is 0 Å². The van der Waals surface area contributed by atoms with Crippen LogP contribution in [0.4, 0.5) is 0 Å². The molecule has 1 saturated heterocycles. The molecule has 0 amide bonds. The number of aliphatic hydroxyl groups is 3. The van der Waals surface area contributed by atoms with E-state index in [0.717, 1.165) is 22.4 Å². The molecule has 0 radical (unpaired) electrons. The summed E-state index contributed by atoms with van der Waals surface area (Å²) in [6.45, 7) is 6.94. The van der Waals surface area contributed by atoms with Crippen LogP contribution in [0.15, 0.2) is 6.07 Å². The maximum absolute atomic E-state index is 9.90. The first-order chi connectivity index (χ1) is 10.9. The van der Waals surface area contributed by atoms with Gasteiger partial charge in [-0.3, -0.25) is 4.90 Å². The molecule has 130 valence electrons. The number of β-amino-alcohol motifs (C(OH)–C–C–N with tert-alkyl or cyclic N) is 1. The molecule has 0 spiro atoms. The maximum Gasteiger partial charge on any atom is 0.122 e. The Morgan fingerprint density at radius 1 is 1.22 bits per heavy atom. The topological polar surface area (TPSA) is 93.4 Å². The molecule has 0 aliphatic carbocycles. The van der Waals surface area contributed by atoms with E-state index < -0.39 is 18.2 Å². The highest BCUT2D eigenvalue weighted by atomic mass is 16.5. The van der Waals surface area contributed by atoms with Crippen LogP contribution in [0.25, 0.3) is 0 Å². The third-order valence-electron chi connectivity index (χ3n) is 4.72. The number of rotatable bonds is 6. The quantitative estimate of drug-likeness (QED) is 0.569. The Morgan fingerprint density at radius 2 is 1.91 bits per heavy atom. The number of aliphatic hydroxyl groups excluding tert-OH is 3. The molecule has 1 aliphatic heterocycles. The van der Waals surface area contributed by atoms with Gasteiger partial charge < -0.3 is 25.2 Å². The van der Waals surface area contributed by atoms with Crippen LogP contribution in [0.2, 0.25) is 0 Å². The van der Waals surface area contributed by atoms with E-state index in [1.807, 2.05) is 31.7 Å². The first-order valence-corrected chi connectivity index (χ1v) is 8.00. The summed E-state index contributed by atoms with van der Waals surface area (Å²) in [5.41, 5.74) is 2.54. The second kappa shape index (κ2) is 7.49. The first kappa shape index (κ1) is 18.0. The van der Waals surface area contributed by atoms with Crippen molar-refractivity contribution in [3.8, 4) is 11.5 Å². The van der Waals surface area contributed by atoms with Gasteiger partial charge >= 0.3 is 0 Å². The van der Waals surface area contributed by atoms with Crippen molar-refractivity contribution >= 4 is 0 Å². The monoisotopic (exact) mass is 325 g/mol. The van der Waals surface area contributed by atoms with E-state index in [0.29, 0.717) is 31.9 Å². The second-order valence-electron chi connectivity index (χ2n) is 6.30. The molecule has 4 N–H and O–H groups in total. The third kappa shape index (κ3) is 3.77. The highest BCUT2D eigenvalue weighted by Crippen LogP contribution is 2.32. The molecule has 2 rings (SSSR count). The summed E-state index contributed by atoms with van der Waals surface area (Å²) >= 11 is 0. The van der Waals surface area contributed by atoms with Crippen molar-refractivity contribution in [3.05, 3.63) is 22.8 Å². The molecule has 0 unspecified atom stereocenters. The van der Waals surface area contributed by atoms with Crippen molar-refractivity contribution in [1.82, 2.24) is 4.90 Å². The highest BCUT2D eigenvalue weighted by Gasteiger charge is 2.38. The highest BCUT2D eigenvalue weighted by molar-refractivity contribution is 5.51. The lowest BCUT2D eigenvalue weighted by Crippen LogP contribution is -2.39. The number of likely N-dealkylation sites (tertiary alicyclic amines) is 1. The molecular formula is C17H27NO5. The normalized spacial score (nSPS) is 25.0. The van der Waals surface area contributed by atoms with Crippen molar-refractivity contribution in [3.63, 3.8) is 0 Å².